The summed E-state index contributed by atoms with van der Waals surface area (Å²) in [6.45, 7) is 0. The average Bonchev–Trinajstić information content (AvgIpc) is 4.07. The van der Waals surface area contributed by atoms with Crippen molar-refractivity contribution < 1.29 is 4.42 Å². The first-order valence-corrected chi connectivity index (χ1v) is 24.3. The fourth-order valence-corrected chi connectivity index (χ4v) is 11.8. The number of hydrogen-bond donors (Lipinski definition) is 0. The second-order valence-corrected chi connectivity index (χ2v) is 18.7. The van der Waals surface area contributed by atoms with Crippen molar-refractivity contribution >= 4 is 55.1 Å². The summed E-state index contributed by atoms with van der Waals surface area (Å²) >= 11 is 0. The topological polar surface area (TPSA) is 21.3 Å². The van der Waals surface area contributed by atoms with E-state index in [4.69, 9.17) is 4.42 Å². The lowest BCUT2D eigenvalue weighted by molar-refractivity contribution is 0.669. The van der Waals surface area contributed by atoms with Crippen molar-refractivity contribution in [1.29, 1.82) is 0 Å². The molecule has 1 atom stereocenters. The lowest BCUT2D eigenvalue weighted by Gasteiger charge is -2.35. The molecule has 70 heavy (non-hydrogen) atoms. The molecule has 0 aliphatic heterocycles. The van der Waals surface area contributed by atoms with Gasteiger partial charge in [-0.1, -0.05) is 188 Å². The number of allylic oxidation sites excluding steroid dienone is 3. The maximum Gasteiger partial charge on any atom is 0.137 e. The first-order chi connectivity index (χ1) is 34.7. The smallest absolute Gasteiger partial charge is 0.137 e. The molecule has 0 N–H and O–H groups in total. The molecule has 330 valence electrons. The Morgan fingerprint density at radius 2 is 1.04 bits per heavy atom. The Kier molecular flexibility index (Phi) is 9.25. The summed E-state index contributed by atoms with van der Waals surface area (Å²) in [5.41, 5.74) is 19.3. The lowest BCUT2D eigenvalue weighted by atomic mass is 9.67. The van der Waals surface area contributed by atoms with Gasteiger partial charge in [-0.05, 0) is 123 Å². The maximum absolute atomic E-state index is 6.80. The van der Waals surface area contributed by atoms with Gasteiger partial charge in [-0.25, -0.2) is 0 Å². The molecule has 0 fully saturated rings. The summed E-state index contributed by atoms with van der Waals surface area (Å²) in [6.07, 6.45) is 8.03. The van der Waals surface area contributed by atoms with Crippen LogP contribution in [0.1, 0.15) is 40.2 Å². The summed E-state index contributed by atoms with van der Waals surface area (Å²) in [6, 6.07) is 88.7. The van der Waals surface area contributed by atoms with Gasteiger partial charge in [0, 0.05) is 56.3 Å². The molecule has 3 nitrogen and oxygen atoms in total. The number of aromatic nitrogens is 1. The van der Waals surface area contributed by atoms with Crippen molar-refractivity contribution in [3.8, 4) is 27.9 Å². The fourth-order valence-electron chi connectivity index (χ4n) is 11.8. The summed E-state index contributed by atoms with van der Waals surface area (Å²) in [4.78, 5) is 2.44. The zero-order valence-electron chi connectivity index (χ0n) is 38.4. The second-order valence-electron chi connectivity index (χ2n) is 18.7. The zero-order chi connectivity index (χ0) is 46.2. The molecule has 0 radical (unpaired) electrons. The molecular formula is C67H46N2O. The van der Waals surface area contributed by atoms with Gasteiger partial charge in [-0.2, -0.15) is 0 Å². The van der Waals surface area contributed by atoms with Crippen molar-refractivity contribution in [3.05, 3.63) is 294 Å². The number of hydrogen-bond acceptors (Lipinski definition) is 2. The summed E-state index contributed by atoms with van der Waals surface area (Å²) in [5, 5.41) is 4.75. The summed E-state index contributed by atoms with van der Waals surface area (Å²) < 4.78 is 9.22. The first kappa shape index (κ1) is 40.2. The van der Waals surface area contributed by atoms with Gasteiger partial charge in [0.2, 0.25) is 0 Å². The third kappa shape index (κ3) is 6.21. The Morgan fingerprint density at radius 1 is 0.443 bits per heavy atom. The van der Waals surface area contributed by atoms with Crippen LogP contribution in [0.4, 0.5) is 11.4 Å². The van der Waals surface area contributed by atoms with E-state index in [-0.39, 0.29) is 5.92 Å². The Hall–Kier alpha value is -8.92. The molecule has 2 aliphatic rings. The van der Waals surface area contributed by atoms with Gasteiger partial charge in [0.25, 0.3) is 0 Å². The number of benzene rings is 10. The van der Waals surface area contributed by atoms with Crippen molar-refractivity contribution in [2.24, 2.45) is 0 Å². The molecule has 2 aliphatic carbocycles. The average molecular weight is 895 g/mol. The molecular weight excluding hydrogens is 849 g/mol. The molecule has 1 unspecified atom stereocenters. The van der Waals surface area contributed by atoms with Crippen molar-refractivity contribution in [2.45, 2.75) is 17.8 Å². The van der Waals surface area contributed by atoms with E-state index in [1.54, 1.807) is 0 Å². The minimum atomic E-state index is -0.530. The SMILES string of the molecule is C1=CC(c2ccc3c4ccccc4n(-c4ccccc4)c3c2)CC=C1N(c1ccc2c(c1)C(c1ccccc1)(c1ccccc1)c1ccccc1-2)c1ccc2c(c1)oc1cc(-c3ccccc3)ccc12. The first-order valence-electron chi connectivity index (χ1n) is 24.3. The minimum Gasteiger partial charge on any atom is -0.456 e. The number of para-hydroxylation sites is 2. The largest absolute Gasteiger partial charge is 0.456 e. The van der Waals surface area contributed by atoms with Gasteiger partial charge in [0.05, 0.1) is 16.4 Å². The van der Waals surface area contributed by atoms with E-state index < -0.39 is 5.41 Å². The van der Waals surface area contributed by atoms with Crippen LogP contribution >= 0.6 is 0 Å². The van der Waals surface area contributed by atoms with Gasteiger partial charge >= 0.3 is 0 Å². The molecule has 0 amide bonds. The third-order valence-electron chi connectivity index (χ3n) is 15.0. The highest BCUT2D eigenvalue weighted by Gasteiger charge is 2.46. The minimum absolute atomic E-state index is 0.201. The van der Waals surface area contributed by atoms with Gasteiger partial charge in [-0.15, -0.1) is 0 Å². The Morgan fingerprint density at radius 3 is 1.80 bits per heavy atom. The van der Waals surface area contributed by atoms with Gasteiger partial charge in [0.15, 0.2) is 0 Å². The zero-order valence-corrected chi connectivity index (χ0v) is 38.4. The summed E-state index contributed by atoms with van der Waals surface area (Å²) in [7, 11) is 0. The monoisotopic (exact) mass is 894 g/mol. The van der Waals surface area contributed by atoms with E-state index in [1.807, 2.05) is 0 Å². The number of anilines is 2. The molecule has 0 spiro atoms. The van der Waals surface area contributed by atoms with E-state index in [0.717, 1.165) is 51.0 Å². The van der Waals surface area contributed by atoms with Crippen LogP contribution in [0.2, 0.25) is 0 Å². The van der Waals surface area contributed by atoms with Crippen molar-refractivity contribution in [3.63, 3.8) is 0 Å². The van der Waals surface area contributed by atoms with E-state index in [2.05, 4.69) is 270 Å². The van der Waals surface area contributed by atoms with Crippen LogP contribution in [-0.4, -0.2) is 4.57 Å². The van der Waals surface area contributed by atoms with Gasteiger partial charge in [-0.3, -0.25) is 0 Å². The molecule has 3 heteroatoms. The summed E-state index contributed by atoms with van der Waals surface area (Å²) in [5.74, 6) is 0.201. The Bertz CT molecular complexity index is 3990. The molecule has 0 bridgehead atoms. The number of nitrogens with zero attached hydrogens (tertiary/aromatic N) is 2. The highest BCUT2D eigenvalue weighted by atomic mass is 16.3. The number of furan rings is 1. The lowest BCUT2D eigenvalue weighted by Crippen LogP contribution is -2.29. The van der Waals surface area contributed by atoms with Crippen molar-refractivity contribution in [1.82, 2.24) is 4.57 Å². The van der Waals surface area contributed by atoms with Crippen LogP contribution < -0.4 is 4.90 Å². The van der Waals surface area contributed by atoms with Crippen LogP contribution in [0, 0.1) is 0 Å². The molecule has 0 saturated heterocycles. The Labute approximate surface area is 407 Å². The van der Waals surface area contributed by atoms with Crippen LogP contribution in [-0.2, 0) is 5.41 Å². The third-order valence-corrected chi connectivity index (χ3v) is 15.0. The van der Waals surface area contributed by atoms with Crippen LogP contribution in [0.3, 0.4) is 0 Å². The highest BCUT2D eigenvalue weighted by molar-refractivity contribution is 6.10. The van der Waals surface area contributed by atoms with E-state index in [1.165, 1.54) is 72.0 Å². The van der Waals surface area contributed by atoms with Gasteiger partial charge in [0.1, 0.15) is 11.2 Å². The van der Waals surface area contributed by atoms with Gasteiger partial charge < -0.3 is 13.9 Å². The molecule has 14 rings (SSSR count). The molecule has 2 aromatic heterocycles. The van der Waals surface area contributed by atoms with Crippen LogP contribution in [0.25, 0.3) is 71.7 Å². The van der Waals surface area contributed by atoms with Crippen molar-refractivity contribution in [2.75, 3.05) is 4.90 Å². The highest BCUT2D eigenvalue weighted by Crippen LogP contribution is 2.57. The second kappa shape index (κ2) is 16.1. The predicted octanol–water partition coefficient (Wildman–Crippen LogP) is 17.5. The number of fused-ring (bicyclic) bond motifs is 9. The Balaban J connectivity index is 0.923. The number of rotatable bonds is 8. The predicted molar refractivity (Wildman–Crippen MR) is 290 cm³/mol. The quantitative estimate of drug-likeness (QED) is 0.152. The fraction of sp³-hybridized carbons (Fsp3) is 0.0448. The van der Waals surface area contributed by atoms with Crippen LogP contribution in [0.15, 0.2) is 271 Å². The normalized spacial score (nSPS) is 14.8. The molecule has 12 aromatic rings. The van der Waals surface area contributed by atoms with E-state index in [0.29, 0.717) is 0 Å². The maximum atomic E-state index is 6.80. The van der Waals surface area contributed by atoms with E-state index in [9.17, 15) is 0 Å². The van der Waals surface area contributed by atoms with E-state index >= 15 is 0 Å². The van der Waals surface area contributed by atoms with Crippen LogP contribution in [0.5, 0.6) is 0 Å². The standard InChI is InChI=1S/C67H46N2O/c1-5-17-45(18-6-1)48-32-38-59-60-40-36-54(44-66(60)70-65(59)42-48)68(52-33-29-46(30-34-52)47-31-37-58-57-26-14-16-28-63(57)69(64(58)41-47)51-23-11-4-12-24-51)53-35-39-56-55-25-13-15-27-61(55)67(62(56)43-53,49-19-7-2-8-20-49)50-21-9-3-10-22-50/h1-29,31-44,46H,30H2. The molecule has 0 saturated carbocycles. The molecule has 2 heterocycles. The molecule has 10 aromatic carbocycles.